The average molecular weight is 305 g/mol. The van der Waals surface area contributed by atoms with Crippen molar-refractivity contribution < 1.29 is 18.6 Å². The molecule has 22 heavy (non-hydrogen) atoms. The zero-order valence-corrected chi connectivity index (χ0v) is 13.0. The molecule has 2 aromatic carbocycles. The second-order valence-corrected chi connectivity index (χ2v) is 4.89. The van der Waals surface area contributed by atoms with Crippen molar-refractivity contribution in [2.45, 2.75) is 12.8 Å². The van der Waals surface area contributed by atoms with E-state index in [4.69, 9.17) is 19.9 Å². The maximum Gasteiger partial charge on any atom is 0.203 e. The summed E-state index contributed by atoms with van der Waals surface area (Å²) in [5.41, 5.74) is 7.77. The van der Waals surface area contributed by atoms with Gasteiger partial charge in [-0.05, 0) is 48.2 Å². The number of anilines is 1. The Hall–Kier alpha value is -2.43. The van der Waals surface area contributed by atoms with E-state index in [0.29, 0.717) is 17.2 Å². The minimum Gasteiger partial charge on any atom is -0.493 e. The number of aryl methyl sites for hydroxylation is 2. The van der Waals surface area contributed by atoms with Crippen molar-refractivity contribution in [3.63, 3.8) is 0 Å². The first-order valence-electron chi connectivity index (χ1n) is 6.91. The van der Waals surface area contributed by atoms with Crippen LogP contribution in [0, 0.1) is 5.82 Å². The van der Waals surface area contributed by atoms with Gasteiger partial charge in [0, 0.05) is 0 Å². The quantitative estimate of drug-likeness (QED) is 0.833. The van der Waals surface area contributed by atoms with Gasteiger partial charge in [0.2, 0.25) is 5.75 Å². The predicted octanol–water partition coefficient (Wildman–Crippen LogP) is 3.22. The first kappa shape index (κ1) is 15.9. The molecule has 0 aliphatic carbocycles. The van der Waals surface area contributed by atoms with Crippen LogP contribution < -0.4 is 19.9 Å². The zero-order chi connectivity index (χ0) is 16.1. The molecule has 0 bridgehead atoms. The van der Waals surface area contributed by atoms with E-state index in [1.165, 1.54) is 6.07 Å². The molecule has 0 aromatic heterocycles. The zero-order valence-electron chi connectivity index (χ0n) is 13.0. The van der Waals surface area contributed by atoms with Gasteiger partial charge >= 0.3 is 0 Å². The smallest absolute Gasteiger partial charge is 0.203 e. The predicted molar refractivity (Wildman–Crippen MR) is 84.3 cm³/mol. The maximum atomic E-state index is 13.2. The molecule has 0 heterocycles. The summed E-state index contributed by atoms with van der Waals surface area (Å²) in [5, 5.41) is 0. The molecule has 0 fully saturated rings. The first-order chi connectivity index (χ1) is 10.6. The molecular weight excluding hydrogens is 285 g/mol. The number of halogens is 1. The highest BCUT2D eigenvalue weighted by molar-refractivity contribution is 5.54. The van der Waals surface area contributed by atoms with Gasteiger partial charge in [0.05, 0.1) is 27.0 Å². The minimum absolute atomic E-state index is 0.169. The highest BCUT2D eigenvalue weighted by Gasteiger charge is 2.13. The maximum absolute atomic E-state index is 13.2. The van der Waals surface area contributed by atoms with Crippen LogP contribution in [0.5, 0.6) is 17.2 Å². The standard InChI is InChI=1S/C17H20FNO3/c1-20-15-9-12(10-16(21-2)17(15)22-3)5-4-11-6-7-13(18)14(19)8-11/h6-10H,4-5,19H2,1-3H3. The van der Waals surface area contributed by atoms with Crippen LogP contribution in [0.4, 0.5) is 10.1 Å². The second kappa shape index (κ2) is 7.02. The number of nitrogen functional groups attached to an aromatic ring is 1. The van der Waals surface area contributed by atoms with E-state index in [1.807, 2.05) is 12.1 Å². The number of rotatable bonds is 6. The fourth-order valence-corrected chi connectivity index (χ4v) is 2.32. The van der Waals surface area contributed by atoms with Crippen LogP contribution >= 0.6 is 0 Å². The van der Waals surface area contributed by atoms with Gasteiger partial charge in [0.15, 0.2) is 11.5 Å². The SMILES string of the molecule is COc1cc(CCc2ccc(F)c(N)c2)cc(OC)c1OC. The molecule has 0 spiro atoms. The van der Waals surface area contributed by atoms with Gasteiger partial charge in [-0.3, -0.25) is 0 Å². The van der Waals surface area contributed by atoms with Crippen LogP contribution in [0.25, 0.3) is 0 Å². The van der Waals surface area contributed by atoms with Crippen molar-refractivity contribution in [2.75, 3.05) is 27.1 Å². The molecule has 2 N–H and O–H groups in total. The molecule has 0 radical (unpaired) electrons. The van der Waals surface area contributed by atoms with E-state index in [2.05, 4.69) is 0 Å². The molecule has 2 aromatic rings. The lowest BCUT2D eigenvalue weighted by molar-refractivity contribution is 0.324. The molecule has 4 nitrogen and oxygen atoms in total. The highest BCUT2D eigenvalue weighted by atomic mass is 19.1. The van der Waals surface area contributed by atoms with Crippen molar-refractivity contribution in [1.82, 2.24) is 0 Å². The molecule has 0 unspecified atom stereocenters. The van der Waals surface area contributed by atoms with Crippen molar-refractivity contribution >= 4 is 5.69 Å². The summed E-state index contributed by atoms with van der Waals surface area (Å²) in [5.74, 6) is 1.42. The summed E-state index contributed by atoms with van der Waals surface area (Å²) < 4.78 is 29.1. The summed E-state index contributed by atoms with van der Waals surface area (Å²) in [6, 6.07) is 8.61. The molecular formula is C17H20FNO3. The Bertz CT molecular complexity index is 633. The van der Waals surface area contributed by atoms with Crippen LogP contribution in [0.1, 0.15) is 11.1 Å². The van der Waals surface area contributed by atoms with Crippen LogP contribution in [-0.4, -0.2) is 21.3 Å². The van der Waals surface area contributed by atoms with E-state index in [1.54, 1.807) is 33.5 Å². The third kappa shape index (κ3) is 3.42. The van der Waals surface area contributed by atoms with Gasteiger partial charge in [-0.15, -0.1) is 0 Å². The number of hydrogen-bond acceptors (Lipinski definition) is 4. The van der Waals surface area contributed by atoms with Gasteiger partial charge in [-0.2, -0.15) is 0 Å². The second-order valence-electron chi connectivity index (χ2n) is 4.89. The molecule has 0 aliphatic rings. The Morgan fingerprint density at radius 1 is 0.864 bits per heavy atom. The van der Waals surface area contributed by atoms with Gasteiger partial charge in [-0.25, -0.2) is 4.39 Å². The van der Waals surface area contributed by atoms with Crippen molar-refractivity contribution in [3.05, 3.63) is 47.3 Å². The Balaban J connectivity index is 2.20. The lowest BCUT2D eigenvalue weighted by Gasteiger charge is -2.14. The lowest BCUT2D eigenvalue weighted by Crippen LogP contribution is -1.99. The van der Waals surface area contributed by atoms with E-state index in [-0.39, 0.29) is 5.69 Å². The highest BCUT2D eigenvalue weighted by Crippen LogP contribution is 2.38. The molecule has 5 heteroatoms. The molecule has 0 aliphatic heterocycles. The van der Waals surface area contributed by atoms with Crippen molar-refractivity contribution in [1.29, 1.82) is 0 Å². The van der Waals surface area contributed by atoms with Crippen molar-refractivity contribution in [2.24, 2.45) is 0 Å². The van der Waals surface area contributed by atoms with Crippen LogP contribution in [0.3, 0.4) is 0 Å². The van der Waals surface area contributed by atoms with E-state index in [0.717, 1.165) is 24.0 Å². The fourth-order valence-electron chi connectivity index (χ4n) is 2.32. The van der Waals surface area contributed by atoms with E-state index >= 15 is 0 Å². The molecule has 0 saturated carbocycles. The Kier molecular flexibility index (Phi) is 5.09. The number of hydrogen-bond donors (Lipinski definition) is 1. The van der Waals surface area contributed by atoms with E-state index in [9.17, 15) is 4.39 Å². The van der Waals surface area contributed by atoms with Crippen LogP contribution in [0.15, 0.2) is 30.3 Å². The average Bonchev–Trinajstić information content (AvgIpc) is 2.54. The molecule has 0 saturated heterocycles. The van der Waals surface area contributed by atoms with Gasteiger partial charge in [-0.1, -0.05) is 6.07 Å². The number of nitrogens with two attached hydrogens (primary N) is 1. The summed E-state index contributed by atoms with van der Waals surface area (Å²) >= 11 is 0. The Labute approximate surface area is 129 Å². The molecule has 0 atom stereocenters. The summed E-state index contributed by atoms with van der Waals surface area (Å²) in [7, 11) is 4.74. The molecule has 118 valence electrons. The summed E-state index contributed by atoms with van der Waals surface area (Å²) in [6.45, 7) is 0. The van der Waals surface area contributed by atoms with E-state index < -0.39 is 5.82 Å². The molecule has 2 rings (SSSR count). The third-order valence-electron chi connectivity index (χ3n) is 3.49. The number of benzene rings is 2. The topological polar surface area (TPSA) is 53.7 Å². The summed E-state index contributed by atoms with van der Waals surface area (Å²) in [6.07, 6.45) is 1.49. The lowest BCUT2D eigenvalue weighted by atomic mass is 10.0. The number of methoxy groups -OCH3 is 3. The van der Waals surface area contributed by atoms with Crippen LogP contribution in [0.2, 0.25) is 0 Å². The largest absolute Gasteiger partial charge is 0.493 e. The van der Waals surface area contributed by atoms with Gasteiger partial charge in [0.1, 0.15) is 5.82 Å². The Morgan fingerprint density at radius 3 is 1.95 bits per heavy atom. The van der Waals surface area contributed by atoms with Crippen LogP contribution in [-0.2, 0) is 12.8 Å². The Morgan fingerprint density at radius 2 is 1.45 bits per heavy atom. The summed E-state index contributed by atoms with van der Waals surface area (Å²) in [4.78, 5) is 0. The minimum atomic E-state index is -0.392. The monoisotopic (exact) mass is 305 g/mol. The normalized spacial score (nSPS) is 10.4. The van der Waals surface area contributed by atoms with Gasteiger partial charge in [0.25, 0.3) is 0 Å². The first-order valence-corrected chi connectivity index (χ1v) is 6.91. The van der Waals surface area contributed by atoms with Gasteiger partial charge < -0.3 is 19.9 Å². The number of ether oxygens (including phenoxy) is 3. The molecule has 0 amide bonds. The third-order valence-corrected chi connectivity index (χ3v) is 3.49. The fraction of sp³-hybridized carbons (Fsp3) is 0.294. The van der Waals surface area contributed by atoms with Crippen molar-refractivity contribution in [3.8, 4) is 17.2 Å².